The first kappa shape index (κ1) is 16.0. The number of aliphatic carboxylic acids is 1. The molecule has 2 atom stereocenters. The summed E-state index contributed by atoms with van der Waals surface area (Å²) in [6, 6.07) is 14.1. The lowest BCUT2D eigenvalue weighted by atomic mass is 10.1. The van der Waals surface area contributed by atoms with Crippen LogP contribution >= 0.6 is 11.6 Å². The quantitative estimate of drug-likeness (QED) is 0.828. The normalized spacial score (nSPS) is 13.2. The number of ether oxygens (including phenoxy) is 1. The van der Waals surface area contributed by atoms with Crippen LogP contribution in [0.15, 0.2) is 54.6 Å². The summed E-state index contributed by atoms with van der Waals surface area (Å²) in [7, 11) is 0. The molecule has 2 rings (SSSR count). The van der Waals surface area contributed by atoms with Gasteiger partial charge in [0.15, 0.2) is 6.10 Å². The predicted molar refractivity (Wildman–Crippen MR) is 79.3 cm³/mol. The number of carboxylic acids is 1. The van der Waals surface area contributed by atoms with Crippen molar-refractivity contribution >= 4 is 23.5 Å². The van der Waals surface area contributed by atoms with E-state index < -0.39 is 24.1 Å². The van der Waals surface area contributed by atoms with Gasteiger partial charge in [-0.25, -0.2) is 9.59 Å². The number of carboxylic acid groups (broad SMARTS) is 1. The number of carbonyl (C=O) groups excluding carboxylic acids is 1. The first-order chi connectivity index (χ1) is 10.5. The van der Waals surface area contributed by atoms with Crippen molar-refractivity contribution in [3.8, 4) is 0 Å². The van der Waals surface area contributed by atoms with Gasteiger partial charge in [0.25, 0.3) is 0 Å². The third-order valence-corrected chi connectivity index (χ3v) is 3.18. The third kappa shape index (κ3) is 3.84. The SMILES string of the molecule is O=C(O)C(OC(=O)[C@H](O)c1cccc(Cl)c1)c1ccccc1. The highest BCUT2D eigenvalue weighted by Gasteiger charge is 2.28. The molecule has 0 aromatic heterocycles. The number of halogens is 1. The van der Waals surface area contributed by atoms with E-state index >= 15 is 0 Å². The average Bonchev–Trinajstić information content (AvgIpc) is 2.52. The highest BCUT2D eigenvalue weighted by atomic mass is 35.5. The van der Waals surface area contributed by atoms with E-state index in [1.807, 2.05) is 0 Å². The lowest BCUT2D eigenvalue weighted by molar-refractivity contribution is -0.171. The topological polar surface area (TPSA) is 83.8 Å². The summed E-state index contributed by atoms with van der Waals surface area (Å²) in [5, 5.41) is 19.5. The largest absolute Gasteiger partial charge is 0.478 e. The summed E-state index contributed by atoms with van der Waals surface area (Å²) in [4.78, 5) is 23.2. The maximum absolute atomic E-state index is 12.0. The molecule has 0 aliphatic heterocycles. The van der Waals surface area contributed by atoms with E-state index in [0.29, 0.717) is 10.6 Å². The number of benzene rings is 2. The van der Waals surface area contributed by atoms with Gasteiger partial charge in [0, 0.05) is 10.6 Å². The summed E-state index contributed by atoms with van der Waals surface area (Å²) in [5.41, 5.74) is 0.538. The Hall–Kier alpha value is -2.37. The molecule has 0 fully saturated rings. The van der Waals surface area contributed by atoms with Gasteiger partial charge in [-0.1, -0.05) is 54.1 Å². The monoisotopic (exact) mass is 320 g/mol. The van der Waals surface area contributed by atoms with Gasteiger partial charge in [0.1, 0.15) is 0 Å². The Morgan fingerprint density at radius 2 is 1.64 bits per heavy atom. The Morgan fingerprint density at radius 1 is 1.00 bits per heavy atom. The summed E-state index contributed by atoms with van der Waals surface area (Å²) in [6.07, 6.45) is -3.09. The zero-order chi connectivity index (χ0) is 16.1. The standard InChI is InChI=1S/C16H13ClO5/c17-12-8-4-7-11(9-12)13(18)16(21)22-14(15(19)20)10-5-2-1-3-6-10/h1-9,13-14,18H,(H,19,20)/t13-,14?/m1/s1. The van der Waals surface area contributed by atoms with E-state index in [9.17, 15) is 19.8 Å². The van der Waals surface area contributed by atoms with Crippen molar-refractivity contribution in [2.45, 2.75) is 12.2 Å². The van der Waals surface area contributed by atoms with Crippen LogP contribution in [-0.2, 0) is 14.3 Å². The van der Waals surface area contributed by atoms with E-state index in [0.717, 1.165) is 0 Å². The molecule has 0 spiro atoms. The van der Waals surface area contributed by atoms with E-state index in [1.54, 1.807) is 30.3 Å². The predicted octanol–water partition coefficient (Wildman–Crippen LogP) is 2.74. The summed E-state index contributed by atoms with van der Waals surface area (Å²) >= 11 is 5.79. The molecule has 0 aliphatic rings. The molecule has 2 aromatic carbocycles. The number of hydrogen-bond acceptors (Lipinski definition) is 4. The molecular weight excluding hydrogens is 308 g/mol. The van der Waals surface area contributed by atoms with Gasteiger partial charge >= 0.3 is 11.9 Å². The maximum Gasteiger partial charge on any atom is 0.349 e. The minimum Gasteiger partial charge on any atom is -0.478 e. The highest BCUT2D eigenvalue weighted by Crippen LogP contribution is 2.23. The molecule has 1 unspecified atom stereocenters. The molecule has 0 saturated heterocycles. The van der Waals surface area contributed by atoms with Gasteiger partial charge in [0.2, 0.25) is 6.10 Å². The van der Waals surface area contributed by atoms with Gasteiger partial charge in [-0.15, -0.1) is 0 Å². The summed E-state index contributed by atoms with van der Waals surface area (Å²) in [6.45, 7) is 0. The molecule has 0 heterocycles. The van der Waals surface area contributed by atoms with Crippen molar-refractivity contribution in [2.75, 3.05) is 0 Å². The third-order valence-electron chi connectivity index (χ3n) is 2.95. The lowest BCUT2D eigenvalue weighted by Crippen LogP contribution is -2.23. The smallest absolute Gasteiger partial charge is 0.349 e. The fraction of sp³-hybridized carbons (Fsp3) is 0.125. The van der Waals surface area contributed by atoms with Crippen LogP contribution in [0.3, 0.4) is 0 Å². The maximum atomic E-state index is 12.0. The van der Waals surface area contributed by atoms with Crippen LogP contribution in [0.4, 0.5) is 0 Å². The second-order valence-electron chi connectivity index (χ2n) is 4.52. The van der Waals surface area contributed by atoms with Crippen molar-refractivity contribution in [2.24, 2.45) is 0 Å². The summed E-state index contributed by atoms with van der Waals surface area (Å²) in [5.74, 6) is -2.38. The molecule has 6 heteroatoms. The zero-order valence-corrected chi connectivity index (χ0v) is 12.1. The van der Waals surface area contributed by atoms with Crippen LogP contribution in [0, 0.1) is 0 Å². The molecule has 2 N–H and O–H groups in total. The van der Waals surface area contributed by atoms with Crippen molar-refractivity contribution in [3.63, 3.8) is 0 Å². The van der Waals surface area contributed by atoms with Crippen molar-refractivity contribution in [3.05, 3.63) is 70.7 Å². The van der Waals surface area contributed by atoms with Crippen LogP contribution in [-0.4, -0.2) is 22.2 Å². The summed E-state index contributed by atoms with van der Waals surface area (Å²) < 4.78 is 4.92. The molecular formula is C16H13ClO5. The molecule has 0 aliphatic carbocycles. The first-order valence-electron chi connectivity index (χ1n) is 6.41. The zero-order valence-electron chi connectivity index (χ0n) is 11.3. The van der Waals surface area contributed by atoms with Gasteiger partial charge in [-0.05, 0) is 17.7 Å². The van der Waals surface area contributed by atoms with Crippen molar-refractivity contribution in [1.82, 2.24) is 0 Å². The van der Waals surface area contributed by atoms with Crippen molar-refractivity contribution in [1.29, 1.82) is 0 Å². The molecule has 114 valence electrons. The number of esters is 1. The van der Waals surface area contributed by atoms with Crippen LogP contribution in [0.5, 0.6) is 0 Å². The molecule has 0 saturated carbocycles. The fourth-order valence-corrected chi connectivity index (χ4v) is 2.08. The minimum absolute atomic E-state index is 0.231. The number of carbonyl (C=O) groups is 2. The van der Waals surface area contributed by atoms with Crippen LogP contribution in [0.1, 0.15) is 23.3 Å². The Bertz CT molecular complexity index is 671. The van der Waals surface area contributed by atoms with Gasteiger partial charge in [-0.2, -0.15) is 0 Å². The highest BCUT2D eigenvalue weighted by molar-refractivity contribution is 6.30. The average molecular weight is 321 g/mol. The molecule has 0 amide bonds. The molecule has 5 nitrogen and oxygen atoms in total. The first-order valence-corrected chi connectivity index (χ1v) is 6.78. The number of aliphatic hydroxyl groups excluding tert-OH is 1. The fourth-order valence-electron chi connectivity index (χ4n) is 1.88. The number of aliphatic hydroxyl groups is 1. The Morgan fingerprint density at radius 3 is 2.23 bits per heavy atom. The Labute approximate surface area is 131 Å². The van der Waals surface area contributed by atoms with Crippen LogP contribution in [0.25, 0.3) is 0 Å². The second kappa shape index (κ2) is 7.06. The van der Waals surface area contributed by atoms with Gasteiger partial charge in [-0.3, -0.25) is 0 Å². The van der Waals surface area contributed by atoms with Gasteiger partial charge < -0.3 is 14.9 Å². The molecule has 22 heavy (non-hydrogen) atoms. The Balaban J connectivity index is 2.16. The number of rotatable bonds is 5. The van der Waals surface area contributed by atoms with Crippen LogP contribution in [0.2, 0.25) is 5.02 Å². The number of hydrogen-bond donors (Lipinski definition) is 2. The second-order valence-corrected chi connectivity index (χ2v) is 4.96. The molecule has 0 radical (unpaired) electrons. The van der Waals surface area contributed by atoms with Gasteiger partial charge in [0.05, 0.1) is 0 Å². The van der Waals surface area contributed by atoms with E-state index in [-0.39, 0.29) is 5.56 Å². The molecule has 2 aromatic rings. The van der Waals surface area contributed by atoms with Crippen LogP contribution < -0.4 is 0 Å². The van der Waals surface area contributed by atoms with Crippen molar-refractivity contribution < 1.29 is 24.5 Å². The van der Waals surface area contributed by atoms with E-state index in [2.05, 4.69) is 0 Å². The molecule has 0 bridgehead atoms. The lowest BCUT2D eigenvalue weighted by Gasteiger charge is -2.17. The van der Waals surface area contributed by atoms with E-state index in [1.165, 1.54) is 24.3 Å². The van der Waals surface area contributed by atoms with E-state index in [4.69, 9.17) is 16.3 Å². The minimum atomic E-state index is -1.61. The Kier molecular flexibility index (Phi) is 5.14.